The molecule has 1 aromatic carbocycles. The van der Waals surface area contributed by atoms with Crippen LogP contribution in [0.25, 0.3) is 11.1 Å². The Morgan fingerprint density at radius 1 is 1.25 bits per heavy atom. The number of carbonyl (C=O) groups is 1. The lowest BCUT2D eigenvalue weighted by Crippen LogP contribution is -2.36. The standard InChI is InChI=1S/C20H23N3O/c1-2-3-5-19-6-4-11-23(19)20(24)16-9-7-15(8-10-16)17-12-18(21)14-22-13-17/h4,6-10,12-14,19H,2-3,5,11,21H2,1H3/t19-/m0/s1. The van der Waals surface area contributed by atoms with Crippen LogP contribution in [0.4, 0.5) is 5.69 Å². The average Bonchev–Trinajstić information content (AvgIpc) is 3.08. The van der Waals surface area contributed by atoms with Crippen molar-refractivity contribution < 1.29 is 4.79 Å². The Kier molecular flexibility index (Phi) is 4.94. The lowest BCUT2D eigenvalue weighted by atomic mass is 10.0. The summed E-state index contributed by atoms with van der Waals surface area (Å²) in [6, 6.07) is 9.79. The summed E-state index contributed by atoms with van der Waals surface area (Å²) in [6.07, 6.45) is 11.0. The van der Waals surface area contributed by atoms with Crippen molar-refractivity contribution in [1.82, 2.24) is 9.88 Å². The lowest BCUT2D eigenvalue weighted by molar-refractivity contribution is 0.0743. The summed E-state index contributed by atoms with van der Waals surface area (Å²) in [6.45, 7) is 2.88. The molecule has 2 N–H and O–H groups in total. The van der Waals surface area contributed by atoms with E-state index >= 15 is 0 Å². The molecule has 0 bridgehead atoms. The molecule has 0 aliphatic carbocycles. The Hall–Kier alpha value is -2.62. The normalized spacial score (nSPS) is 16.5. The molecule has 1 amide bonds. The van der Waals surface area contributed by atoms with Crippen LogP contribution >= 0.6 is 0 Å². The highest BCUT2D eigenvalue weighted by molar-refractivity contribution is 5.95. The summed E-state index contributed by atoms with van der Waals surface area (Å²) < 4.78 is 0. The van der Waals surface area contributed by atoms with E-state index in [-0.39, 0.29) is 11.9 Å². The van der Waals surface area contributed by atoms with Gasteiger partial charge in [0.15, 0.2) is 0 Å². The molecule has 3 rings (SSSR count). The number of pyridine rings is 1. The third kappa shape index (κ3) is 3.48. The van der Waals surface area contributed by atoms with Gasteiger partial charge in [-0.15, -0.1) is 0 Å². The molecule has 0 fully saturated rings. The Bertz CT molecular complexity index is 737. The Morgan fingerprint density at radius 2 is 2.04 bits per heavy atom. The van der Waals surface area contributed by atoms with E-state index in [4.69, 9.17) is 5.73 Å². The number of hydrogen-bond donors (Lipinski definition) is 1. The SMILES string of the molecule is CCCC[C@H]1C=CCN1C(=O)c1ccc(-c2cncc(N)c2)cc1. The largest absolute Gasteiger partial charge is 0.397 e. The molecule has 24 heavy (non-hydrogen) atoms. The van der Waals surface area contributed by atoms with Crippen molar-refractivity contribution in [2.75, 3.05) is 12.3 Å². The van der Waals surface area contributed by atoms with E-state index in [1.165, 1.54) is 0 Å². The number of nitrogens with zero attached hydrogens (tertiary/aromatic N) is 2. The predicted molar refractivity (Wildman–Crippen MR) is 97.6 cm³/mol. The van der Waals surface area contributed by atoms with Crippen molar-refractivity contribution in [1.29, 1.82) is 0 Å². The summed E-state index contributed by atoms with van der Waals surface area (Å²) in [7, 11) is 0. The molecule has 1 aromatic heterocycles. The number of hydrogen-bond acceptors (Lipinski definition) is 3. The molecule has 2 aromatic rings. The van der Waals surface area contributed by atoms with Crippen molar-refractivity contribution in [2.45, 2.75) is 32.2 Å². The third-order valence-electron chi connectivity index (χ3n) is 4.40. The number of anilines is 1. The summed E-state index contributed by atoms with van der Waals surface area (Å²) >= 11 is 0. The first-order valence-electron chi connectivity index (χ1n) is 8.47. The van der Waals surface area contributed by atoms with Gasteiger partial charge in [0, 0.05) is 30.1 Å². The second-order valence-corrected chi connectivity index (χ2v) is 6.18. The van der Waals surface area contributed by atoms with E-state index < -0.39 is 0 Å². The fourth-order valence-electron chi connectivity index (χ4n) is 3.06. The number of unbranched alkanes of at least 4 members (excludes halogenated alkanes) is 1. The van der Waals surface area contributed by atoms with Crippen LogP contribution < -0.4 is 5.73 Å². The lowest BCUT2D eigenvalue weighted by Gasteiger charge is -2.24. The average molecular weight is 321 g/mol. The Labute approximate surface area is 143 Å². The van der Waals surface area contributed by atoms with Crippen LogP contribution in [-0.2, 0) is 0 Å². The fraction of sp³-hybridized carbons (Fsp3) is 0.300. The first-order chi connectivity index (χ1) is 11.7. The molecular formula is C20H23N3O. The van der Waals surface area contributed by atoms with Crippen LogP contribution in [0.3, 0.4) is 0 Å². The molecule has 2 heterocycles. The molecule has 0 saturated heterocycles. The molecule has 124 valence electrons. The summed E-state index contributed by atoms with van der Waals surface area (Å²) in [4.78, 5) is 18.8. The maximum Gasteiger partial charge on any atom is 0.254 e. The van der Waals surface area contributed by atoms with E-state index in [1.54, 1.807) is 12.4 Å². The number of carbonyl (C=O) groups excluding carboxylic acids is 1. The topological polar surface area (TPSA) is 59.2 Å². The zero-order chi connectivity index (χ0) is 16.9. The van der Waals surface area contributed by atoms with E-state index in [9.17, 15) is 4.79 Å². The van der Waals surface area contributed by atoms with Gasteiger partial charge in [0.2, 0.25) is 0 Å². The first-order valence-corrected chi connectivity index (χ1v) is 8.47. The van der Waals surface area contributed by atoms with Gasteiger partial charge in [-0.1, -0.05) is 44.1 Å². The molecule has 0 unspecified atom stereocenters. The quantitative estimate of drug-likeness (QED) is 0.850. The van der Waals surface area contributed by atoms with Gasteiger partial charge in [-0.3, -0.25) is 9.78 Å². The van der Waals surface area contributed by atoms with Crippen LogP contribution in [0.5, 0.6) is 0 Å². The van der Waals surface area contributed by atoms with Gasteiger partial charge < -0.3 is 10.6 Å². The van der Waals surface area contributed by atoms with E-state index in [0.717, 1.165) is 36.0 Å². The highest BCUT2D eigenvalue weighted by Crippen LogP contribution is 2.23. The molecule has 4 heteroatoms. The molecule has 1 aliphatic heterocycles. The Morgan fingerprint density at radius 3 is 2.75 bits per heavy atom. The summed E-state index contributed by atoms with van der Waals surface area (Å²) in [5.41, 5.74) is 9.10. The minimum Gasteiger partial charge on any atom is -0.397 e. The monoisotopic (exact) mass is 321 g/mol. The third-order valence-corrected chi connectivity index (χ3v) is 4.40. The molecule has 1 atom stereocenters. The summed E-state index contributed by atoms with van der Waals surface area (Å²) in [5.74, 6) is 0.0957. The number of amides is 1. The minimum atomic E-state index is 0.0957. The van der Waals surface area contributed by atoms with Gasteiger partial charge in [-0.2, -0.15) is 0 Å². The smallest absolute Gasteiger partial charge is 0.254 e. The van der Waals surface area contributed by atoms with Gasteiger partial charge in [-0.05, 0) is 30.2 Å². The number of nitrogens with two attached hydrogens (primary N) is 1. The Balaban J connectivity index is 1.74. The maximum atomic E-state index is 12.8. The van der Waals surface area contributed by atoms with Crippen molar-refractivity contribution >= 4 is 11.6 Å². The molecule has 4 nitrogen and oxygen atoms in total. The number of benzene rings is 1. The van der Waals surface area contributed by atoms with Crippen molar-refractivity contribution in [3.63, 3.8) is 0 Å². The van der Waals surface area contributed by atoms with Crippen LogP contribution in [0.1, 0.15) is 36.5 Å². The number of rotatable bonds is 5. The molecular weight excluding hydrogens is 298 g/mol. The summed E-state index contributed by atoms with van der Waals surface area (Å²) in [5, 5.41) is 0. The molecule has 0 spiro atoms. The minimum absolute atomic E-state index is 0.0957. The maximum absolute atomic E-state index is 12.8. The molecule has 0 saturated carbocycles. The fourth-order valence-corrected chi connectivity index (χ4v) is 3.06. The number of nitrogen functional groups attached to an aromatic ring is 1. The first kappa shape index (κ1) is 16.2. The zero-order valence-electron chi connectivity index (χ0n) is 14.0. The predicted octanol–water partition coefficient (Wildman–Crippen LogP) is 3.90. The van der Waals surface area contributed by atoms with Crippen LogP contribution in [0, 0.1) is 0 Å². The highest BCUT2D eigenvalue weighted by Gasteiger charge is 2.25. The second-order valence-electron chi connectivity index (χ2n) is 6.18. The van der Waals surface area contributed by atoms with Gasteiger partial charge in [0.25, 0.3) is 5.91 Å². The zero-order valence-corrected chi connectivity index (χ0v) is 14.0. The van der Waals surface area contributed by atoms with Crippen molar-refractivity contribution in [3.8, 4) is 11.1 Å². The van der Waals surface area contributed by atoms with Gasteiger partial charge in [0.1, 0.15) is 0 Å². The van der Waals surface area contributed by atoms with E-state index in [0.29, 0.717) is 12.2 Å². The van der Waals surface area contributed by atoms with Crippen molar-refractivity contribution in [2.24, 2.45) is 0 Å². The molecule has 1 aliphatic rings. The van der Waals surface area contributed by atoms with Crippen LogP contribution in [0.2, 0.25) is 0 Å². The molecule has 0 radical (unpaired) electrons. The van der Waals surface area contributed by atoms with Crippen molar-refractivity contribution in [3.05, 3.63) is 60.4 Å². The van der Waals surface area contributed by atoms with Gasteiger partial charge >= 0.3 is 0 Å². The van der Waals surface area contributed by atoms with Gasteiger partial charge in [0.05, 0.1) is 11.7 Å². The highest BCUT2D eigenvalue weighted by atomic mass is 16.2. The number of aromatic nitrogens is 1. The van der Waals surface area contributed by atoms with E-state index in [1.807, 2.05) is 35.2 Å². The van der Waals surface area contributed by atoms with Crippen LogP contribution in [0.15, 0.2) is 54.9 Å². The van der Waals surface area contributed by atoms with Gasteiger partial charge in [-0.25, -0.2) is 0 Å². The second kappa shape index (κ2) is 7.30. The van der Waals surface area contributed by atoms with E-state index in [2.05, 4.69) is 24.1 Å². The van der Waals surface area contributed by atoms with Crippen LogP contribution in [-0.4, -0.2) is 28.4 Å².